The van der Waals surface area contributed by atoms with E-state index in [2.05, 4.69) is 10.4 Å². The largest absolute Gasteiger partial charge is 0.315 e. The lowest BCUT2D eigenvalue weighted by atomic mass is 10.00. The van der Waals surface area contributed by atoms with Gasteiger partial charge in [-0.3, -0.25) is 4.68 Å². The minimum absolute atomic E-state index is 0.418. The van der Waals surface area contributed by atoms with Crippen molar-refractivity contribution in [3.63, 3.8) is 0 Å². The van der Waals surface area contributed by atoms with Gasteiger partial charge in [0, 0.05) is 32.0 Å². The van der Waals surface area contributed by atoms with E-state index in [1.807, 2.05) is 16.9 Å². The molecule has 1 aromatic rings. The van der Waals surface area contributed by atoms with Crippen molar-refractivity contribution in [2.75, 3.05) is 32.4 Å². The molecular formula is C12H22N4O2S. The number of rotatable bonds is 6. The van der Waals surface area contributed by atoms with Gasteiger partial charge in [-0.1, -0.05) is 0 Å². The summed E-state index contributed by atoms with van der Waals surface area (Å²) in [6, 6.07) is 1.91. The van der Waals surface area contributed by atoms with Crippen molar-refractivity contribution >= 4 is 10.0 Å². The van der Waals surface area contributed by atoms with Gasteiger partial charge in [0.15, 0.2) is 0 Å². The molecule has 0 bridgehead atoms. The third-order valence-electron chi connectivity index (χ3n) is 3.46. The van der Waals surface area contributed by atoms with Crippen molar-refractivity contribution in [2.45, 2.75) is 19.4 Å². The molecule has 1 atom stereocenters. The fourth-order valence-electron chi connectivity index (χ4n) is 2.43. The Bertz CT molecular complexity index is 472. The minimum atomic E-state index is -3.03. The molecule has 0 radical (unpaired) electrons. The van der Waals surface area contributed by atoms with Crippen molar-refractivity contribution in [3.05, 3.63) is 18.5 Å². The van der Waals surface area contributed by atoms with Crippen molar-refractivity contribution < 1.29 is 8.42 Å². The Morgan fingerprint density at radius 3 is 3.00 bits per heavy atom. The molecule has 0 aromatic carbocycles. The second kappa shape index (κ2) is 6.49. The second-order valence-electron chi connectivity index (χ2n) is 5.10. The quantitative estimate of drug-likeness (QED) is 0.756. The number of aromatic nitrogens is 2. The first kappa shape index (κ1) is 14.5. The number of nitrogens with zero attached hydrogens (tertiary/aromatic N) is 3. The van der Waals surface area contributed by atoms with Crippen LogP contribution in [-0.2, 0) is 16.6 Å². The van der Waals surface area contributed by atoms with Crippen LogP contribution in [0.5, 0.6) is 0 Å². The normalized spacial score (nSPS) is 21.6. The van der Waals surface area contributed by atoms with Crippen LogP contribution >= 0.6 is 0 Å². The maximum atomic E-state index is 11.5. The summed E-state index contributed by atoms with van der Waals surface area (Å²) in [6.07, 6.45) is 7.05. The van der Waals surface area contributed by atoms with Crippen LogP contribution in [0.2, 0.25) is 0 Å². The van der Waals surface area contributed by atoms with Gasteiger partial charge < -0.3 is 5.32 Å². The Labute approximate surface area is 114 Å². The summed E-state index contributed by atoms with van der Waals surface area (Å²) in [5, 5.41) is 7.52. The smallest absolute Gasteiger partial charge is 0.211 e. The van der Waals surface area contributed by atoms with E-state index in [0.717, 1.165) is 32.5 Å². The summed E-state index contributed by atoms with van der Waals surface area (Å²) < 4.78 is 26.5. The van der Waals surface area contributed by atoms with Gasteiger partial charge in [-0.05, 0) is 31.4 Å². The molecule has 1 N–H and O–H groups in total. The standard InChI is InChI=1S/C12H22N4O2S/c1-19(17,18)16-8-2-4-12(11-16)10-13-6-9-15-7-3-5-14-15/h3,5,7,12-13H,2,4,6,8-11H2,1H3. The molecule has 6 nitrogen and oxygen atoms in total. The Morgan fingerprint density at radius 1 is 1.47 bits per heavy atom. The SMILES string of the molecule is CS(=O)(=O)N1CCCC(CNCCn2cccn2)C1. The molecule has 1 saturated heterocycles. The third-order valence-corrected chi connectivity index (χ3v) is 4.73. The van der Waals surface area contributed by atoms with Crippen LogP contribution in [-0.4, -0.2) is 54.9 Å². The molecule has 2 heterocycles. The number of sulfonamides is 1. The maximum absolute atomic E-state index is 11.5. The molecule has 1 aromatic heterocycles. The fourth-order valence-corrected chi connectivity index (χ4v) is 3.37. The predicted molar refractivity (Wildman–Crippen MR) is 74.2 cm³/mol. The van der Waals surface area contributed by atoms with Crippen LogP contribution < -0.4 is 5.32 Å². The highest BCUT2D eigenvalue weighted by molar-refractivity contribution is 7.88. The summed E-state index contributed by atoms with van der Waals surface area (Å²) in [6.45, 7) is 3.88. The average Bonchev–Trinajstić information content (AvgIpc) is 2.87. The van der Waals surface area contributed by atoms with E-state index < -0.39 is 10.0 Å². The Kier molecular flexibility index (Phi) is 4.95. The van der Waals surface area contributed by atoms with Crippen molar-refractivity contribution in [1.29, 1.82) is 0 Å². The molecule has 1 aliphatic rings. The first-order valence-electron chi connectivity index (χ1n) is 6.69. The average molecular weight is 286 g/mol. The molecule has 7 heteroatoms. The van der Waals surface area contributed by atoms with Crippen LogP contribution in [0, 0.1) is 5.92 Å². The van der Waals surface area contributed by atoms with Crippen molar-refractivity contribution in [3.8, 4) is 0 Å². The van der Waals surface area contributed by atoms with E-state index in [4.69, 9.17) is 0 Å². The van der Waals surface area contributed by atoms with Gasteiger partial charge in [-0.25, -0.2) is 12.7 Å². The molecule has 0 saturated carbocycles. The summed E-state index contributed by atoms with van der Waals surface area (Å²) >= 11 is 0. The van der Waals surface area contributed by atoms with Gasteiger partial charge in [0.25, 0.3) is 0 Å². The molecular weight excluding hydrogens is 264 g/mol. The fraction of sp³-hybridized carbons (Fsp3) is 0.750. The number of hydrogen-bond acceptors (Lipinski definition) is 4. The number of nitrogens with one attached hydrogen (secondary N) is 1. The highest BCUT2D eigenvalue weighted by Crippen LogP contribution is 2.17. The summed E-state index contributed by atoms with van der Waals surface area (Å²) in [5.41, 5.74) is 0. The lowest BCUT2D eigenvalue weighted by Gasteiger charge is -2.31. The molecule has 0 spiro atoms. The number of piperidine rings is 1. The van der Waals surface area contributed by atoms with Crippen LogP contribution in [0.4, 0.5) is 0 Å². The Hall–Kier alpha value is -0.920. The molecule has 19 heavy (non-hydrogen) atoms. The van der Waals surface area contributed by atoms with Crippen LogP contribution in [0.25, 0.3) is 0 Å². The van der Waals surface area contributed by atoms with Crippen LogP contribution in [0.1, 0.15) is 12.8 Å². The van der Waals surface area contributed by atoms with Crippen LogP contribution in [0.3, 0.4) is 0 Å². The first-order chi connectivity index (χ1) is 9.05. The van der Waals surface area contributed by atoms with E-state index in [-0.39, 0.29) is 0 Å². The number of hydrogen-bond donors (Lipinski definition) is 1. The zero-order chi connectivity index (χ0) is 13.7. The monoisotopic (exact) mass is 286 g/mol. The third kappa shape index (κ3) is 4.59. The molecule has 0 amide bonds. The molecule has 1 aliphatic heterocycles. The van der Waals surface area contributed by atoms with Gasteiger partial charge >= 0.3 is 0 Å². The second-order valence-corrected chi connectivity index (χ2v) is 7.08. The predicted octanol–water partition coefficient (Wildman–Crippen LogP) is 0.144. The lowest BCUT2D eigenvalue weighted by molar-refractivity contribution is 0.260. The van der Waals surface area contributed by atoms with E-state index in [1.165, 1.54) is 6.26 Å². The molecule has 0 aliphatic carbocycles. The van der Waals surface area contributed by atoms with E-state index in [0.29, 0.717) is 19.0 Å². The van der Waals surface area contributed by atoms with E-state index in [9.17, 15) is 8.42 Å². The van der Waals surface area contributed by atoms with Gasteiger partial charge in [0.1, 0.15) is 0 Å². The van der Waals surface area contributed by atoms with Gasteiger partial charge in [0.2, 0.25) is 10.0 Å². The van der Waals surface area contributed by atoms with E-state index >= 15 is 0 Å². The van der Waals surface area contributed by atoms with Gasteiger partial charge in [-0.15, -0.1) is 0 Å². The molecule has 1 unspecified atom stereocenters. The van der Waals surface area contributed by atoms with Crippen LogP contribution in [0.15, 0.2) is 18.5 Å². The highest BCUT2D eigenvalue weighted by Gasteiger charge is 2.25. The minimum Gasteiger partial charge on any atom is -0.315 e. The zero-order valence-electron chi connectivity index (χ0n) is 11.3. The van der Waals surface area contributed by atoms with Gasteiger partial charge in [-0.2, -0.15) is 5.10 Å². The summed E-state index contributed by atoms with van der Waals surface area (Å²) in [5.74, 6) is 0.418. The topological polar surface area (TPSA) is 67.2 Å². The molecule has 1 fully saturated rings. The van der Waals surface area contributed by atoms with Gasteiger partial charge in [0.05, 0.1) is 12.8 Å². The first-order valence-corrected chi connectivity index (χ1v) is 8.54. The lowest BCUT2D eigenvalue weighted by Crippen LogP contribution is -2.42. The maximum Gasteiger partial charge on any atom is 0.211 e. The molecule has 108 valence electrons. The van der Waals surface area contributed by atoms with Crippen molar-refractivity contribution in [1.82, 2.24) is 19.4 Å². The van der Waals surface area contributed by atoms with E-state index in [1.54, 1.807) is 10.5 Å². The van der Waals surface area contributed by atoms with Crippen molar-refractivity contribution in [2.24, 2.45) is 5.92 Å². The summed E-state index contributed by atoms with van der Waals surface area (Å²) in [7, 11) is -3.03. The molecule has 2 rings (SSSR count). The Balaban J connectivity index is 1.68. The summed E-state index contributed by atoms with van der Waals surface area (Å²) in [4.78, 5) is 0. The highest BCUT2D eigenvalue weighted by atomic mass is 32.2. The zero-order valence-corrected chi connectivity index (χ0v) is 12.1. The Morgan fingerprint density at radius 2 is 2.32 bits per heavy atom.